The first-order chi connectivity index (χ1) is 9.03. The van der Waals surface area contributed by atoms with Crippen molar-refractivity contribution in [3.05, 3.63) is 11.7 Å². The van der Waals surface area contributed by atoms with Gasteiger partial charge in [-0.1, -0.05) is 12.1 Å². The zero-order valence-corrected chi connectivity index (χ0v) is 12.5. The summed E-state index contributed by atoms with van der Waals surface area (Å²) < 4.78 is 16.1. The molecule has 1 unspecified atom stereocenters. The van der Waals surface area contributed by atoms with Crippen molar-refractivity contribution in [1.82, 2.24) is 15.5 Å². The molecule has 6 nitrogen and oxygen atoms in total. The molecule has 0 spiro atoms. The number of ether oxygens (including phenoxy) is 2. The topological polar surface area (TPSA) is 69.4 Å². The Labute approximate surface area is 114 Å². The van der Waals surface area contributed by atoms with Gasteiger partial charge in [-0.2, -0.15) is 4.98 Å². The first-order valence-electron chi connectivity index (χ1n) is 6.72. The molecule has 19 heavy (non-hydrogen) atoms. The van der Waals surface area contributed by atoms with Crippen LogP contribution >= 0.6 is 0 Å². The maximum absolute atomic E-state index is 5.60. The predicted molar refractivity (Wildman–Crippen MR) is 72.0 cm³/mol. The summed E-state index contributed by atoms with van der Waals surface area (Å²) in [5.74, 6) is 1.18. The quantitative estimate of drug-likeness (QED) is 0.734. The van der Waals surface area contributed by atoms with Crippen LogP contribution in [0.5, 0.6) is 0 Å². The number of hydrogen-bond donors (Lipinski definition) is 1. The molecule has 6 heteroatoms. The standard InChI is InChI=1S/C13H25N3O3/c1-6-14-10(9-17-5)8-11-15-12(16-19-11)13(3,4)18-7-2/h10,14H,6-9H2,1-5H3. The summed E-state index contributed by atoms with van der Waals surface area (Å²) in [5.41, 5.74) is -0.522. The average molecular weight is 271 g/mol. The second kappa shape index (κ2) is 7.57. The van der Waals surface area contributed by atoms with E-state index in [9.17, 15) is 0 Å². The van der Waals surface area contributed by atoms with Gasteiger partial charge >= 0.3 is 0 Å². The Morgan fingerprint density at radius 2 is 2.11 bits per heavy atom. The molecule has 0 aromatic carbocycles. The molecule has 0 aliphatic carbocycles. The molecule has 0 saturated carbocycles. The number of nitrogens with one attached hydrogen (secondary N) is 1. The zero-order chi connectivity index (χ0) is 14.3. The van der Waals surface area contributed by atoms with Gasteiger partial charge in [0.25, 0.3) is 0 Å². The highest BCUT2D eigenvalue weighted by atomic mass is 16.5. The molecule has 0 aliphatic rings. The highest BCUT2D eigenvalue weighted by Crippen LogP contribution is 2.21. The molecule has 0 saturated heterocycles. The predicted octanol–water partition coefficient (Wildman–Crippen LogP) is 1.51. The fraction of sp³-hybridized carbons (Fsp3) is 0.846. The normalized spacial score (nSPS) is 13.7. The van der Waals surface area contributed by atoms with Crippen molar-refractivity contribution >= 4 is 0 Å². The lowest BCUT2D eigenvalue weighted by atomic mass is 10.1. The van der Waals surface area contributed by atoms with E-state index in [1.807, 2.05) is 20.8 Å². The van der Waals surface area contributed by atoms with Gasteiger partial charge in [0.15, 0.2) is 0 Å². The van der Waals surface area contributed by atoms with E-state index in [2.05, 4.69) is 22.4 Å². The van der Waals surface area contributed by atoms with Crippen molar-refractivity contribution in [2.24, 2.45) is 0 Å². The van der Waals surface area contributed by atoms with Crippen LogP contribution in [0.3, 0.4) is 0 Å². The fourth-order valence-corrected chi connectivity index (χ4v) is 1.90. The molecule has 1 rings (SSSR count). The molecule has 0 amide bonds. The lowest BCUT2D eigenvalue weighted by Crippen LogP contribution is -2.35. The first kappa shape index (κ1) is 16.1. The molecular weight excluding hydrogens is 246 g/mol. The van der Waals surface area contributed by atoms with Crippen molar-refractivity contribution in [2.75, 3.05) is 26.9 Å². The van der Waals surface area contributed by atoms with Crippen molar-refractivity contribution in [3.63, 3.8) is 0 Å². The van der Waals surface area contributed by atoms with Gasteiger partial charge < -0.3 is 19.3 Å². The Bertz CT molecular complexity index is 360. The molecule has 1 atom stereocenters. The van der Waals surface area contributed by atoms with Crippen molar-refractivity contribution in [1.29, 1.82) is 0 Å². The van der Waals surface area contributed by atoms with E-state index in [0.29, 0.717) is 31.3 Å². The first-order valence-corrected chi connectivity index (χ1v) is 6.72. The average Bonchev–Trinajstić information content (AvgIpc) is 2.79. The summed E-state index contributed by atoms with van der Waals surface area (Å²) in [6, 6.07) is 0.179. The third kappa shape index (κ3) is 4.89. The summed E-state index contributed by atoms with van der Waals surface area (Å²) in [5, 5.41) is 7.32. The van der Waals surface area contributed by atoms with Gasteiger partial charge in [0.2, 0.25) is 11.7 Å². The Morgan fingerprint density at radius 3 is 2.68 bits per heavy atom. The van der Waals surface area contributed by atoms with Gasteiger partial charge in [0.05, 0.1) is 6.61 Å². The highest BCUT2D eigenvalue weighted by Gasteiger charge is 2.27. The minimum atomic E-state index is -0.522. The molecule has 0 radical (unpaired) electrons. The van der Waals surface area contributed by atoms with Crippen molar-refractivity contribution in [2.45, 2.75) is 45.8 Å². The van der Waals surface area contributed by atoms with Crippen LogP contribution in [0.4, 0.5) is 0 Å². The third-order valence-electron chi connectivity index (χ3n) is 2.79. The molecule has 110 valence electrons. The lowest BCUT2D eigenvalue weighted by Gasteiger charge is -2.19. The van der Waals surface area contributed by atoms with Gasteiger partial charge in [0.1, 0.15) is 5.60 Å². The van der Waals surface area contributed by atoms with E-state index >= 15 is 0 Å². The van der Waals surface area contributed by atoms with Gasteiger partial charge in [-0.3, -0.25) is 0 Å². The minimum Gasteiger partial charge on any atom is -0.383 e. The Kier molecular flexibility index (Phi) is 6.41. The van der Waals surface area contributed by atoms with Gasteiger partial charge in [0, 0.05) is 26.2 Å². The number of likely N-dealkylation sites (N-methyl/N-ethyl adjacent to an activating group) is 1. The summed E-state index contributed by atoms with van der Waals surface area (Å²) in [4.78, 5) is 4.41. The van der Waals surface area contributed by atoms with Gasteiger partial charge in [-0.15, -0.1) is 0 Å². The summed E-state index contributed by atoms with van der Waals surface area (Å²) in [7, 11) is 1.68. The molecule has 0 bridgehead atoms. The zero-order valence-electron chi connectivity index (χ0n) is 12.5. The van der Waals surface area contributed by atoms with Crippen LogP contribution in [0.15, 0.2) is 4.52 Å². The Morgan fingerprint density at radius 1 is 1.37 bits per heavy atom. The molecule has 0 fully saturated rings. The molecular formula is C13H25N3O3. The smallest absolute Gasteiger partial charge is 0.228 e. The fourth-order valence-electron chi connectivity index (χ4n) is 1.90. The van der Waals surface area contributed by atoms with E-state index in [-0.39, 0.29) is 6.04 Å². The number of aromatic nitrogens is 2. The largest absolute Gasteiger partial charge is 0.383 e. The summed E-state index contributed by atoms with van der Waals surface area (Å²) in [6.07, 6.45) is 0.650. The maximum Gasteiger partial charge on any atom is 0.228 e. The minimum absolute atomic E-state index is 0.179. The number of nitrogens with zero attached hydrogens (tertiary/aromatic N) is 2. The third-order valence-corrected chi connectivity index (χ3v) is 2.79. The Hall–Kier alpha value is -0.980. The molecule has 0 aliphatic heterocycles. The molecule has 1 aromatic heterocycles. The number of rotatable bonds is 9. The van der Waals surface area contributed by atoms with E-state index in [0.717, 1.165) is 6.54 Å². The van der Waals surface area contributed by atoms with Crippen molar-refractivity contribution in [3.8, 4) is 0 Å². The number of methoxy groups -OCH3 is 1. The van der Waals surface area contributed by atoms with Crippen LogP contribution in [0, 0.1) is 0 Å². The number of hydrogen-bond acceptors (Lipinski definition) is 6. The van der Waals surface area contributed by atoms with Crippen LogP contribution in [0.2, 0.25) is 0 Å². The van der Waals surface area contributed by atoms with Gasteiger partial charge in [-0.25, -0.2) is 0 Å². The van der Waals surface area contributed by atoms with E-state index in [1.54, 1.807) is 7.11 Å². The van der Waals surface area contributed by atoms with E-state index in [1.165, 1.54) is 0 Å². The highest BCUT2D eigenvalue weighted by molar-refractivity contribution is 4.98. The second-order valence-electron chi connectivity index (χ2n) is 4.87. The Balaban J connectivity index is 2.67. The van der Waals surface area contributed by atoms with E-state index in [4.69, 9.17) is 14.0 Å². The van der Waals surface area contributed by atoms with Crippen LogP contribution in [-0.4, -0.2) is 43.1 Å². The van der Waals surface area contributed by atoms with Crippen LogP contribution in [-0.2, 0) is 21.5 Å². The maximum atomic E-state index is 5.60. The SMILES string of the molecule is CCNC(COC)Cc1nc(C(C)(C)OCC)no1. The molecule has 1 N–H and O–H groups in total. The molecule has 1 heterocycles. The summed E-state index contributed by atoms with van der Waals surface area (Å²) in [6.45, 7) is 9.97. The van der Waals surface area contributed by atoms with Crippen LogP contribution in [0.1, 0.15) is 39.4 Å². The van der Waals surface area contributed by atoms with Crippen LogP contribution < -0.4 is 5.32 Å². The van der Waals surface area contributed by atoms with E-state index < -0.39 is 5.60 Å². The van der Waals surface area contributed by atoms with Crippen molar-refractivity contribution < 1.29 is 14.0 Å². The summed E-state index contributed by atoms with van der Waals surface area (Å²) >= 11 is 0. The second-order valence-corrected chi connectivity index (χ2v) is 4.87. The molecule has 1 aromatic rings. The van der Waals surface area contributed by atoms with Gasteiger partial charge in [-0.05, 0) is 27.3 Å². The lowest BCUT2D eigenvalue weighted by molar-refractivity contribution is -0.0221. The monoisotopic (exact) mass is 271 g/mol. The van der Waals surface area contributed by atoms with Crippen LogP contribution in [0.25, 0.3) is 0 Å².